The molecule has 0 amide bonds. The Morgan fingerprint density at radius 3 is 2.68 bits per heavy atom. The van der Waals surface area contributed by atoms with Crippen LogP contribution in [0.25, 0.3) is 22.8 Å². The number of benzene rings is 1. The third-order valence-electron chi connectivity index (χ3n) is 7.91. The Morgan fingerprint density at radius 1 is 1.19 bits per heavy atom. The third kappa shape index (κ3) is 4.86. The van der Waals surface area contributed by atoms with E-state index >= 15 is 0 Å². The second-order valence-electron chi connectivity index (χ2n) is 10.4. The van der Waals surface area contributed by atoms with Gasteiger partial charge in [-0.1, -0.05) is 0 Å². The molecule has 9 heteroatoms. The molecule has 2 aromatic heterocycles. The summed E-state index contributed by atoms with van der Waals surface area (Å²) in [7, 11) is 0. The van der Waals surface area contributed by atoms with Crippen molar-refractivity contribution in [3.05, 3.63) is 52.8 Å². The summed E-state index contributed by atoms with van der Waals surface area (Å²) < 4.78 is 11.3. The number of morpholine rings is 1. The first-order valence-corrected chi connectivity index (χ1v) is 13.1. The molecule has 1 aromatic carbocycles. The van der Waals surface area contributed by atoms with Crippen molar-refractivity contribution >= 4 is 5.97 Å². The quantitative estimate of drug-likeness (QED) is 0.428. The number of hydrogen-bond donors (Lipinski definition) is 3. The lowest BCUT2D eigenvalue weighted by molar-refractivity contribution is 0.0322. The highest BCUT2D eigenvalue weighted by Gasteiger charge is 2.37. The Balaban J connectivity index is 1.22. The molecule has 194 valence electrons. The van der Waals surface area contributed by atoms with Crippen LogP contribution < -0.4 is 10.5 Å². The molecule has 6 rings (SSSR count). The fourth-order valence-electron chi connectivity index (χ4n) is 5.62. The number of rotatable bonds is 8. The topological polar surface area (TPSA) is 127 Å². The molecule has 2 fully saturated rings. The smallest absolute Gasteiger partial charge is 0.337 e. The number of carboxylic acid groups (broad SMARTS) is 1. The van der Waals surface area contributed by atoms with Crippen LogP contribution in [0.2, 0.25) is 0 Å². The van der Waals surface area contributed by atoms with Crippen LogP contribution in [0, 0.1) is 0 Å². The largest absolute Gasteiger partial charge is 0.492 e. The molecule has 4 N–H and O–H groups in total. The summed E-state index contributed by atoms with van der Waals surface area (Å²) >= 11 is 0. The van der Waals surface area contributed by atoms with Crippen molar-refractivity contribution in [1.82, 2.24) is 19.9 Å². The first-order valence-electron chi connectivity index (χ1n) is 13.1. The average Bonchev–Trinajstić information content (AvgIpc) is 3.27. The molecule has 3 aromatic rings. The van der Waals surface area contributed by atoms with Gasteiger partial charge in [-0.25, -0.2) is 14.8 Å². The number of aryl methyl sites for hydroxylation is 1. The zero-order valence-corrected chi connectivity index (χ0v) is 21.0. The molecule has 2 aliphatic carbocycles. The van der Waals surface area contributed by atoms with Gasteiger partial charge in [0.05, 0.1) is 30.2 Å². The molecule has 0 radical (unpaired) electrons. The summed E-state index contributed by atoms with van der Waals surface area (Å²) in [6.07, 6.45) is 6.71. The predicted octanol–water partition coefficient (Wildman–Crippen LogP) is 3.07. The number of fused-ring (bicyclic) bond motifs is 3. The van der Waals surface area contributed by atoms with E-state index in [4.69, 9.17) is 20.2 Å². The van der Waals surface area contributed by atoms with Crippen molar-refractivity contribution in [2.75, 3.05) is 39.5 Å². The Morgan fingerprint density at radius 2 is 1.97 bits per heavy atom. The molecule has 0 unspecified atom stereocenters. The molecule has 9 nitrogen and oxygen atoms in total. The van der Waals surface area contributed by atoms with Crippen LogP contribution in [0.4, 0.5) is 0 Å². The standard InChI is InChI=1S/C28H33N5O4/c29-28(8-1-9-28)16-22-23(27(34)35)21-7-4-19-17-30-26(32-24(19)25(21)31-22)18-2-5-20(6-3-18)37-15-12-33-10-13-36-14-11-33/h2-3,5-6,17,31H,1,4,7-16,29H2,(H,34,35). The van der Waals surface area contributed by atoms with Crippen LogP contribution in [0.5, 0.6) is 5.75 Å². The Labute approximate surface area is 216 Å². The summed E-state index contributed by atoms with van der Waals surface area (Å²) in [6, 6.07) is 7.81. The number of aromatic amines is 1. The summed E-state index contributed by atoms with van der Waals surface area (Å²) in [5.41, 5.74) is 11.6. The zero-order valence-electron chi connectivity index (χ0n) is 21.0. The molecule has 0 atom stereocenters. The Kier molecular flexibility index (Phi) is 6.44. The van der Waals surface area contributed by atoms with Gasteiger partial charge in [0.15, 0.2) is 5.82 Å². The number of aromatic carboxylic acids is 1. The van der Waals surface area contributed by atoms with Crippen LogP contribution in [0.1, 0.15) is 46.4 Å². The van der Waals surface area contributed by atoms with Crippen LogP contribution >= 0.6 is 0 Å². The van der Waals surface area contributed by atoms with E-state index in [0.29, 0.717) is 43.0 Å². The van der Waals surface area contributed by atoms with Gasteiger partial charge in [-0.05, 0) is 67.5 Å². The molecular weight excluding hydrogens is 470 g/mol. The molecule has 0 bridgehead atoms. The van der Waals surface area contributed by atoms with Crippen LogP contribution in [0.15, 0.2) is 30.5 Å². The maximum Gasteiger partial charge on any atom is 0.337 e. The van der Waals surface area contributed by atoms with E-state index in [-0.39, 0.29) is 5.54 Å². The molecule has 0 spiro atoms. The SMILES string of the molecule is NC1(Cc2[nH]c3c(c2C(=O)O)CCc2cnc(-c4ccc(OCCN5CCOCC5)cc4)nc2-3)CCC1. The van der Waals surface area contributed by atoms with Crippen molar-refractivity contribution in [1.29, 1.82) is 0 Å². The van der Waals surface area contributed by atoms with Crippen LogP contribution in [-0.2, 0) is 24.0 Å². The summed E-state index contributed by atoms with van der Waals surface area (Å²) in [4.78, 5) is 27.5. The lowest BCUT2D eigenvalue weighted by Gasteiger charge is -2.38. The number of carboxylic acids is 1. The van der Waals surface area contributed by atoms with Crippen LogP contribution in [0.3, 0.4) is 0 Å². The van der Waals surface area contributed by atoms with Gasteiger partial charge in [0.25, 0.3) is 0 Å². The van der Waals surface area contributed by atoms with E-state index in [0.717, 1.165) is 85.9 Å². The van der Waals surface area contributed by atoms with Gasteiger partial charge < -0.3 is 25.3 Å². The number of ether oxygens (including phenoxy) is 2. The second kappa shape index (κ2) is 9.89. The van der Waals surface area contributed by atoms with Crippen molar-refractivity contribution in [2.45, 2.75) is 44.1 Å². The van der Waals surface area contributed by atoms with Gasteiger partial charge in [0, 0.05) is 49.0 Å². The van der Waals surface area contributed by atoms with E-state index in [9.17, 15) is 9.90 Å². The van der Waals surface area contributed by atoms with Crippen molar-refractivity contribution in [3.63, 3.8) is 0 Å². The van der Waals surface area contributed by atoms with Crippen molar-refractivity contribution < 1.29 is 19.4 Å². The number of nitrogens with zero attached hydrogens (tertiary/aromatic N) is 3. The van der Waals surface area contributed by atoms with E-state index in [1.807, 2.05) is 30.5 Å². The molecule has 37 heavy (non-hydrogen) atoms. The van der Waals surface area contributed by atoms with Crippen molar-refractivity contribution in [2.24, 2.45) is 5.73 Å². The Bertz CT molecular complexity index is 1290. The molecule has 1 saturated carbocycles. The molecule has 1 saturated heterocycles. The molecule has 1 aliphatic heterocycles. The summed E-state index contributed by atoms with van der Waals surface area (Å²) in [5, 5.41) is 10.0. The van der Waals surface area contributed by atoms with Crippen molar-refractivity contribution in [3.8, 4) is 28.5 Å². The van der Waals surface area contributed by atoms with Gasteiger partial charge >= 0.3 is 5.97 Å². The molecular formula is C28H33N5O4. The summed E-state index contributed by atoms with van der Waals surface area (Å²) in [5.74, 6) is 0.509. The fraction of sp³-hybridized carbons (Fsp3) is 0.464. The van der Waals surface area contributed by atoms with E-state index in [1.54, 1.807) is 0 Å². The number of aromatic nitrogens is 3. The highest BCUT2D eigenvalue weighted by Crippen LogP contribution is 2.39. The maximum atomic E-state index is 12.2. The van der Waals surface area contributed by atoms with Gasteiger partial charge in [-0.2, -0.15) is 0 Å². The van der Waals surface area contributed by atoms with Crippen LogP contribution in [-0.4, -0.2) is 75.9 Å². The lowest BCUT2D eigenvalue weighted by atomic mass is 9.74. The number of hydrogen-bond acceptors (Lipinski definition) is 7. The first-order chi connectivity index (χ1) is 18.0. The highest BCUT2D eigenvalue weighted by atomic mass is 16.5. The normalized spacial score (nSPS) is 18.5. The predicted molar refractivity (Wildman–Crippen MR) is 139 cm³/mol. The van der Waals surface area contributed by atoms with E-state index in [2.05, 4.69) is 14.9 Å². The third-order valence-corrected chi connectivity index (χ3v) is 7.91. The monoisotopic (exact) mass is 503 g/mol. The molecule has 3 aliphatic rings. The number of carbonyl (C=O) groups is 1. The number of H-pyrrole nitrogens is 1. The van der Waals surface area contributed by atoms with Gasteiger partial charge in [-0.3, -0.25) is 4.90 Å². The minimum atomic E-state index is -0.905. The highest BCUT2D eigenvalue weighted by molar-refractivity contribution is 5.94. The van der Waals surface area contributed by atoms with Gasteiger partial charge in [0.1, 0.15) is 12.4 Å². The lowest BCUT2D eigenvalue weighted by Crippen LogP contribution is -2.48. The van der Waals surface area contributed by atoms with Gasteiger partial charge in [0.2, 0.25) is 0 Å². The molecule has 3 heterocycles. The minimum absolute atomic E-state index is 0.316. The zero-order chi connectivity index (χ0) is 25.4. The van der Waals surface area contributed by atoms with E-state index in [1.165, 1.54) is 0 Å². The average molecular weight is 504 g/mol. The maximum absolute atomic E-state index is 12.2. The van der Waals surface area contributed by atoms with E-state index < -0.39 is 5.97 Å². The fourth-order valence-corrected chi connectivity index (χ4v) is 5.62. The minimum Gasteiger partial charge on any atom is -0.492 e. The number of nitrogens with one attached hydrogen (secondary N) is 1. The number of nitrogens with two attached hydrogens (primary N) is 1. The Hall–Kier alpha value is -3.27. The van der Waals surface area contributed by atoms with Gasteiger partial charge in [-0.15, -0.1) is 0 Å². The summed E-state index contributed by atoms with van der Waals surface area (Å²) in [6.45, 7) is 4.97. The first kappa shape index (κ1) is 24.1. The second-order valence-corrected chi connectivity index (χ2v) is 10.4.